The highest BCUT2D eigenvalue weighted by Gasteiger charge is 2.71. The van der Waals surface area contributed by atoms with E-state index < -0.39 is 39.4 Å². The average Bonchev–Trinajstić information content (AvgIpc) is 2.76. The van der Waals surface area contributed by atoms with Crippen LogP contribution in [0.2, 0.25) is 0 Å². The van der Waals surface area contributed by atoms with Crippen LogP contribution < -0.4 is 0 Å². The van der Waals surface area contributed by atoms with Gasteiger partial charge in [0.2, 0.25) is 10.0 Å². The summed E-state index contributed by atoms with van der Waals surface area (Å²) in [5.74, 6) is -0.416. The summed E-state index contributed by atoms with van der Waals surface area (Å²) >= 11 is 0. The Balaban J connectivity index is 1.57. The molecule has 7 nitrogen and oxygen atoms in total. The molecule has 2 fully saturated rings. The molecule has 0 saturated carbocycles. The minimum atomic E-state index is -6.00. The average molecular weight is 580 g/mol. The molecule has 1 amide bonds. The molecule has 14 heteroatoms. The molecule has 39 heavy (non-hydrogen) atoms. The quantitative estimate of drug-likeness (QED) is 0.531. The van der Waals surface area contributed by atoms with Gasteiger partial charge in [0.15, 0.2) is 0 Å². The van der Waals surface area contributed by atoms with E-state index in [1.165, 1.54) is 29.6 Å². The molecule has 1 spiro atoms. The Labute approximate surface area is 221 Å². The molecule has 2 aromatic rings. The summed E-state index contributed by atoms with van der Waals surface area (Å²) < 4.78 is 104. The lowest BCUT2D eigenvalue weighted by molar-refractivity contribution is -0.376. The fourth-order valence-electron chi connectivity index (χ4n) is 5.15. The van der Waals surface area contributed by atoms with Crippen molar-refractivity contribution in [3.05, 3.63) is 59.2 Å². The topological polar surface area (TPSA) is 81.2 Å². The van der Waals surface area contributed by atoms with E-state index in [4.69, 9.17) is 0 Å². The third-order valence-electron chi connectivity index (χ3n) is 7.17. The number of benzene rings is 2. The van der Waals surface area contributed by atoms with Crippen LogP contribution in [0.5, 0.6) is 0 Å². The molecule has 0 aliphatic carbocycles. The lowest BCUT2D eigenvalue weighted by Gasteiger charge is -2.59. The van der Waals surface area contributed by atoms with Crippen molar-refractivity contribution in [1.82, 2.24) is 14.1 Å². The molecule has 0 aromatic heterocycles. The van der Waals surface area contributed by atoms with Gasteiger partial charge in [-0.15, -0.1) is 0 Å². The van der Waals surface area contributed by atoms with Gasteiger partial charge in [-0.05, 0) is 22.8 Å². The van der Waals surface area contributed by atoms with Gasteiger partial charge in [-0.3, -0.25) is 9.69 Å². The van der Waals surface area contributed by atoms with E-state index >= 15 is 0 Å². The van der Waals surface area contributed by atoms with Gasteiger partial charge in [-0.25, -0.2) is 12.7 Å². The van der Waals surface area contributed by atoms with Crippen LogP contribution in [0.15, 0.2) is 42.5 Å². The number of hydrogen-bond donors (Lipinski definition) is 1. The van der Waals surface area contributed by atoms with Gasteiger partial charge in [0, 0.05) is 63.4 Å². The molecule has 2 aromatic carbocycles. The van der Waals surface area contributed by atoms with Crippen molar-refractivity contribution in [3.8, 4) is 11.1 Å². The van der Waals surface area contributed by atoms with Crippen molar-refractivity contribution in [2.45, 2.75) is 24.5 Å². The third kappa shape index (κ3) is 5.26. The van der Waals surface area contributed by atoms with E-state index in [9.17, 15) is 44.7 Å². The number of carbonyl (C=O) groups excluding carboxylic acids is 1. The lowest BCUT2D eigenvalue weighted by atomic mass is 9.74. The van der Waals surface area contributed by atoms with Crippen LogP contribution in [-0.4, -0.2) is 92.4 Å². The Hall–Kier alpha value is -2.68. The highest BCUT2D eigenvalue weighted by atomic mass is 32.2. The summed E-state index contributed by atoms with van der Waals surface area (Å²) in [5.41, 5.74) is -5.05. The number of nitrogens with zero attached hydrogens (tertiary/aromatic N) is 3. The number of alkyl halides is 6. The summed E-state index contributed by atoms with van der Waals surface area (Å²) in [5, 5.41) is 9.65. The van der Waals surface area contributed by atoms with Gasteiger partial charge in [-0.1, -0.05) is 36.4 Å². The molecular formula is C25H27F6N3O4S. The summed E-state index contributed by atoms with van der Waals surface area (Å²) in [7, 11) is -0.199. The molecule has 214 valence electrons. The summed E-state index contributed by atoms with van der Waals surface area (Å²) in [4.78, 5) is 16.4. The van der Waals surface area contributed by atoms with Crippen LogP contribution in [0.4, 0.5) is 26.3 Å². The predicted octanol–water partition coefficient (Wildman–Crippen LogP) is 3.44. The first-order chi connectivity index (χ1) is 17.8. The summed E-state index contributed by atoms with van der Waals surface area (Å²) in [6.07, 6.45) is -10.8. The van der Waals surface area contributed by atoms with Gasteiger partial charge in [0.1, 0.15) is 0 Å². The summed E-state index contributed by atoms with van der Waals surface area (Å²) in [6, 6.07) is 8.02. The minimum Gasteiger partial charge on any atom is -0.369 e. The molecule has 0 unspecified atom stereocenters. The molecule has 1 N–H and O–H groups in total. The molecule has 0 bridgehead atoms. The molecular weight excluding hydrogens is 552 g/mol. The molecule has 2 saturated heterocycles. The Morgan fingerprint density at radius 2 is 1.49 bits per heavy atom. The lowest BCUT2D eigenvalue weighted by Crippen LogP contribution is -2.72. The largest absolute Gasteiger partial charge is 0.430 e. The zero-order chi connectivity index (χ0) is 29.2. The van der Waals surface area contributed by atoms with Gasteiger partial charge in [0.05, 0.1) is 6.26 Å². The molecule has 4 rings (SSSR count). The first kappa shape index (κ1) is 29.3. The number of aliphatic hydroxyl groups is 1. The van der Waals surface area contributed by atoms with Gasteiger partial charge < -0.3 is 10.0 Å². The van der Waals surface area contributed by atoms with Gasteiger partial charge in [-0.2, -0.15) is 26.3 Å². The van der Waals surface area contributed by atoms with Crippen molar-refractivity contribution < 1.29 is 44.7 Å². The maximum atomic E-state index is 13.2. The minimum absolute atomic E-state index is 0.0815. The monoisotopic (exact) mass is 579 g/mol. The number of carbonyl (C=O) groups is 1. The van der Waals surface area contributed by atoms with Crippen LogP contribution in [0.1, 0.15) is 21.5 Å². The van der Waals surface area contributed by atoms with Crippen molar-refractivity contribution in [2.24, 2.45) is 5.41 Å². The Bertz CT molecular complexity index is 1350. The first-order valence-corrected chi connectivity index (χ1v) is 13.6. The zero-order valence-corrected chi connectivity index (χ0v) is 22.1. The number of likely N-dealkylation sites (tertiary alicyclic amines) is 1. The van der Waals surface area contributed by atoms with E-state index in [1.807, 2.05) is 0 Å². The number of hydrogen-bond acceptors (Lipinski definition) is 5. The molecule has 0 radical (unpaired) electrons. The fourth-order valence-corrected chi connectivity index (χ4v) is 6.16. The van der Waals surface area contributed by atoms with Crippen molar-refractivity contribution in [3.63, 3.8) is 0 Å². The zero-order valence-electron chi connectivity index (χ0n) is 21.3. The maximum absolute atomic E-state index is 13.2. The highest BCUT2D eigenvalue weighted by Crippen LogP contribution is 2.50. The Morgan fingerprint density at radius 1 is 0.949 bits per heavy atom. The first-order valence-electron chi connectivity index (χ1n) is 11.8. The van der Waals surface area contributed by atoms with E-state index in [2.05, 4.69) is 4.90 Å². The third-order valence-corrected chi connectivity index (χ3v) is 8.37. The van der Waals surface area contributed by atoms with Crippen molar-refractivity contribution in [1.29, 1.82) is 0 Å². The maximum Gasteiger partial charge on any atom is 0.430 e. The second kappa shape index (κ2) is 9.46. The fraction of sp³-hybridized carbons (Fsp3) is 0.480. The molecule has 2 aliphatic rings. The van der Waals surface area contributed by atoms with E-state index in [0.717, 1.165) is 17.7 Å². The molecule has 2 heterocycles. The van der Waals surface area contributed by atoms with E-state index in [1.54, 1.807) is 18.2 Å². The Morgan fingerprint density at radius 3 is 1.95 bits per heavy atom. The normalized spacial score (nSPS) is 18.5. The standard InChI is InChI=1S/C25H27F6N3O4S/c1-32(2)21(35)20-10-16(11-33-12-22(13-33)14-34(15-22)39(3,37)38)4-9-19(20)17-5-7-18(8-6-17)23(36,24(26,27)28)25(29,30)31/h4-10,36H,11-15H2,1-3H3. The smallest absolute Gasteiger partial charge is 0.369 e. The number of sulfonamides is 1. The van der Waals surface area contributed by atoms with E-state index in [-0.39, 0.29) is 16.5 Å². The van der Waals surface area contributed by atoms with Crippen LogP contribution >= 0.6 is 0 Å². The van der Waals surface area contributed by atoms with E-state index in [0.29, 0.717) is 50.4 Å². The number of amides is 1. The van der Waals surface area contributed by atoms with Crippen LogP contribution in [0.25, 0.3) is 11.1 Å². The second-order valence-corrected chi connectivity index (χ2v) is 12.5. The summed E-state index contributed by atoms with van der Waals surface area (Å²) in [6.45, 7) is 2.75. The van der Waals surface area contributed by atoms with Crippen LogP contribution in [0.3, 0.4) is 0 Å². The van der Waals surface area contributed by atoms with Crippen molar-refractivity contribution in [2.75, 3.05) is 46.5 Å². The highest BCUT2D eigenvalue weighted by molar-refractivity contribution is 7.88. The number of halogens is 6. The van der Waals surface area contributed by atoms with Crippen molar-refractivity contribution >= 4 is 15.9 Å². The number of rotatable bonds is 6. The van der Waals surface area contributed by atoms with Gasteiger partial charge in [0.25, 0.3) is 11.5 Å². The van der Waals surface area contributed by atoms with Crippen LogP contribution in [-0.2, 0) is 22.2 Å². The SMILES string of the molecule is CN(C)C(=O)c1cc(CN2CC3(C2)CN(S(C)(=O)=O)C3)ccc1-c1ccc(C(O)(C(F)(F)F)C(F)(F)F)cc1. The second-order valence-electron chi connectivity index (χ2n) is 10.5. The molecule has 0 atom stereocenters. The Kier molecular flexibility index (Phi) is 7.11. The molecule has 2 aliphatic heterocycles. The van der Waals surface area contributed by atoms with Crippen LogP contribution in [0, 0.1) is 5.41 Å². The van der Waals surface area contributed by atoms with Gasteiger partial charge >= 0.3 is 12.4 Å². The predicted molar refractivity (Wildman–Crippen MR) is 130 cm³/mol.